The second-order valence-corrected chi connectivity index (χ2v) is 6.51. The van der Waals surface area contributed by atoms with Crippen LogP contribution in [0.25, 0.3) is 6.08 Å². The molecule has 1 aromatic carbocycles. The Labute approximate surface area is 147 Å². The highest BCUT2D eigenvalue weighted by Gasteiger charge is 2.23. The van der Waals surface area contributed by atoms with Crippen LogP contribution in [0.15, 0.2) is 43.2 Å². The number of benzene rings is 1. The summed E-state index contributed by atoms with van der Waals surface area (Å²) in [6.07, 6.45) is 7.54. The predicted octanol–water partition coefficient (Wildman–Crippen LogP) is 4.20. The number of aromatic nitrogens is 2. The molecule has 3 rings (SSSR count). The lowest BCUT2D eigenvalue weighted by atomic mass is 9.78. The summed E-state index contributed by atoms with van der Waals surface area (Å²) in [7, 11) is 0. The van der Waals surface area contributed by atoms with Crippen LogP contribution in [0.5, 0.6) is 0 Å². The van der Waals surface area contributed by atoms with Crippen molar-refractivity contribution < 1.29 is 9.90 Å². The van der Waals surface area contributed by atoms with E-state index in [1.54, 1.807) is 0 Å². The summed E-state index contributed by atoms with van der Waals surface area (Å²) in [5.41, 5.74) is 1.85. The Morgan fingerprint density at radius 2 is 2.08 bits per heavy atom. The molecule has 0 aliphatic heterocycles. The molecule has 2 aromatic rings. The molecule has 0 saturated heterocycles. The van der Waals surface area contributed by atoms with Crippen molar-refractivity contribution in [3.8, 4) is 0 Å². The van der Waals surface area contributed by atoms with Gasteiger partial charge in [0.05, 0.1) is 0 Å². The second kappa shape index (κ2) is 7.92. The summed E-state index contributed by atoms with van der Waals surface area (Å²) in [4.78, 5) is 19.3. The average Bonchev–Trinajstić information content (AvgIpc) is 2.66. The Morgan fingerprint density at radius 1 is 1.28 bits per heavy atom. The van der Waals surface area contributed by atoms with E-state index in [9.17, 15) is 9.90 Å². The molecule has 0 unspecified atom stereocenters. The summed E-state index contributed by atoms with van der Waals surface area (Å²) >= 11 is 0. The molecule has 1 aromatic heterocycles. The van der Waals surface area contributed by atoms with E-state index < -0.39 is 5.97 Å². The van der Waals surface area contributed by atoms with Gasteiger partial charge in [0.25, 0.3) is 0 Å². The Hall–Kier alpha value is -2.69. The standard InChI is InChI=1S/C20H23N3O2/c1-2-17-18(20(24)25)22-13-23-19(17)21-12-14-7-6-10-16(11-14)15-8-4-3-5-9-15/h2-5,8-9,13-14,16H,1,6-7,10-12H2,(H,24,25)(H,21,22,23)/t14-,16+/m0/s1. The first-order valence-electron chi connectivity index (χ1n) is 8.68. The zero-order chi connectivity index (χ0) is 17.6. The monoisotopic (exact) mass is 337 g/mol. The van der Waals surface area contributed by atoms with E-state index >= 15 is 0 Å². The van der Waals surface area contributed by atoms with Gasteiger partial charge in [-0.3, -0.25) is 0 Å². The maximum atomic E-state index is 11.3. The minimum Gasteiger partial charge on any atom is -0.476 e. The SMILES string of the molecule is C=Cc1c(NC[C@H]2CCC[C@@H](c3ccccc3)C2)ncnc1C(=O)O. The van der Waals surface area contributed by atoms with Gasteiger partial charge in [-0.2, -0.15) is 0 Å². The van der Waals surface area contributed by atoms with Crippen molar-refractivity contribution in [2.45, 2.75) is 31.6 Å². The maximum absolute atomic E-state index is 11.3. The number of carboxylic acid groups (broad SMARTS) is 1. The summed E-state index contributed by atoms with van der Waals surface area (Å²) in [5.74, 6) is 0.617. The van der Waals surface area contributed by atoms with Crippen LogP contribution < -0.4 is 5.32 Å². The topological polar surface area (TPSA) is 75.1 Å². The lowest BCUT2D eigenvalue weighted by Crippen LogP contribution is -2.22. The van der Waals surface area contributed by atoms with Crippen molar-refractivity contribution in [2.24, 2.45) is 5.92 Å². The molecule has 0 amide bonds. The lowest BCUT2D eigenvalue weighted by molar-refractivity contribution is 0.0690. The fourth-order valence-electron chi connectivity index (χ4n) is 3.65. The fraction of sp³-hybridized carbons (Fsp3) is 0.350. The van der Waals surface area contributed by atoms with Crippen LogP contribution in [0.1, 0.15) is 53.2 Å². The van der Waals surface area contributed by atoms with E-state index in [4.69, 9.17) is 0 Å². The number of carbonyl (C=O) groups is 1. The first-order valence-corrected chi connectivity index (χ1v) is 8.68. The summed E-state index contributed by atoms with van der Waals surface area (Å²) in [6, 6.07) is 10.7. The number of hydrogen-bond donors (Lipinski definition) is 2. The quantitative estimate of drug-likeness (QED) is 0.826. The molecule has 1 aliphatic carbocycles. The molecule has 0 bridgehead atoms. The number of carboxylic acids is 1. The van der Waals surface area contributed by atoms with E-state index in [1.807, 2.05) is 0 Å². The number of anilines is 1. The van der Waals surface area contributed by atoms with Gasteiger partial charge in [-0.25, -0.2) is 14.8 Å². The van der Waals surface area contributed by atoms with Gasteiger partial charge in [0.1, 0.15) is 12.1 Å². The molecule has 1 heterocycles. The van der Waals surface area contributed by atoms with Crippen molar-refractivity contribution in [1.29, 1.82) is 0 Å². The molecule has 130 valence electrons. The van der Waals surface area contributed by atoms with Crippen molar-refractivity contribution in [3.05, 3.63) is 60.1 Å². The molecule has 0 spiro atoms. The van der Waals surface area contributed by atoms with E-state index in [2.05, 4.69) is 52.2 Å². The van der Waals surface area contributed by atoms with Gasteiger partial charge < -0.3 is 10.4 Å². The number of nitrogens with one attached hydrogen (secondary N) is 1. The number of nitrogens with zero attached hydrogens (tertiary/aromatic N) is 2. The molecule has 1 saturated carbocycles. The zero-order valence-corrected chi connectivity index (χ0v) is 14.2. The first kappa shape index (κ1) is 17.1. The number of aromatic carboxylic acids is 1. The third-order valence-corrected chi connectivity index (χ3v) is 4.90. The van der Waals surface area contributed by atoms with Gasteiger partial charge in [0.2, 0.25) is 0 Å². The molecule has 1 fully saturated rings. The van der Waals surface area contributed by atoms with Crippen molar-refractivity contribution in [3.63, 3.8) is 0 Å². The van der Waals surface area contributed by atoms with E-state index in [0.717, 1.165) is 13.0 Å². The molecule has 5 heteroatoms. The van der Waals surface area contributed by atoms with Gasteiger partial charge in [-0.05, 0) is 36.7 Å². The van der Waals surface area contributed by atoms with Crippen LogP contribution in [0.2, 0.25) is 0 Å². The van der Waals surface area contributed by atoms with Crippen LogP contribution in [0.3, 0.4) is 0 Å². The zero-order valence-electron chi connectivity index (χ0n) is 14.2. The molecule has 1 aliphatic rings. The van der Waals surface area contributed by atoms with E-state index in [1.165, 1.54) is 37.2 Å². The number of hydrogen-bond acceptors (Lipinski definition) is 4. The Kier molecular flexibility index (Phi) is 5.43. The third kappa shape index (κ3) is 4.05. The van der Waals surface area contributed by atoms with Crippen molar-refractivity contribution >= 4 is 17.9 Å². The van der Waals surface area contributed by atoms with Crippen molar-refractivity contribution in [2.75, 3.05) is 11.9 Å². The smallest absolute Gasteiger partial charge is 0.355 e. The highest BCUT2D eigenvalue weighted by molar-refractivity contribution is 5.91. The molecule has 2 N–H and O–H groups in total. The largest absolute Gasteiger partial charge is 0.476 e. The average molecular weight is 337 g/mol. The summed E-state index contributed by atoms with van der Waals surface area (Å²) in [5, 5.41) is 12.5. The van der Waals surface area contributed by atoms with Crippen LogP contribution in [0, 0.1) is 5.92 Å². The molecular formula is C20H23N3O2. The minimum absolute atomic E-state index is 0.0155. The predicted molar refractivity (Wildman–Crippen MR) is 98.7 cm³/mol. The highest BCUT2D eigenvalue weighted by Crippen LogP contribution is 2.36. The highest BCUT2D eigenvalue weighted by atomic mass is 16.4. The Bertz CT molecular complexity index is 746. The van der Waals surface area contributed by atoms with Gasteiger partial charge in [0.15, 0.2) is 5.69 Å². The van der Waals surface area contributed by atoms with Gasteiger partial charge in [-0.1, -0.05) is 49.4 Å². The third-order valence-electron chi connectivity index (χ3n) is 4.90. The minimum atomic E-state index is -1.07. The van der Waals surface area contributed by atoms with Gasteiger partial charge >= 0.3 is 5.97 Å². The fourth-order valence-corrected chi connectivity index (χ4v) is 3.65. The Balaban J connectivity index is 1.67. The summed E-state index contributed by atoms with van der Waals surface area (Å²) in [6.45, 7) is 4.48. The second-order valence-electron chi connectivity index (χ2n) is 6.51. The van der Waals surface area contributed by atoms with Crippen LogP contribution in [-0.2, 0) is 0 Å². The lowest BCUT2D eigenvalue weighted by Gasteiger charge is -2.30. The molecule has 5 nitrogen and oxygen atoms in total. The molecule has 25 heavy (non-hydrogen) atoms. The maximum Gasteiger partial charge on any atom is 0.355 e. The van der Waals surface area contributed by atoms with E-state index in [0.29, 0.717) is 23.2 Å². The first-order chi connectivity index (χ1) is 12.2. The van der Waals surface area contributed by atoms with Gasteiger partial charge in [0, 0.05) is 12.1 Å². The van der Waals surface area contributed by atoms with E-state index in [-0.39, 0.29) is 5.69 Å². The van der Waals surface area contributed by atoms with Gasteiger partial charge in [-0.15, -0.1) is 0 Å². The molecule has 0 radical (unpaired) electrons. The Morgan fingerprint density at radius 3 is 2.80 bits per heavy atom. The van der Waals surface area contributed by atoms with Crippen LogP contribution >= 0.6 is 0 Å². The molecular weight excluding hydrogens is 314 g/mol. The van der Waals surface area contributed by atoms with Crippen molar-refractivity contribution in [1.82, 2.24) is 9.97 Å². The summed E-state index contributed by atoms with van der Waals surface area (Å²) < 4.78 is 0. The normalized spacial score (nSPS) is 20.0. The number of rotatable bonds is 6. The van der Waals surface area contributed by atoms with Crippen LogP contribution in [0.4, 0.5) is 5.82 Å². The van der Waals surface area contributed by atoms with Crippen LogP contribution in [-0.4, -0.2) is 27.6 Å². The molecule has 2 atom stereocenters.